The Labute approximate surface area is 94.9 Å². The summed E-state index contributed by atoms with van der Waals surface area (Å²) in [5, 5.41) is 8.91. The lowest BCUT2D eigenvalue weighted by Gasteiger charge is -2.16. The van der Waals surface area contributed by atoms with Crippen molar-refractivity contribution in [2.24, 2.45) is 0 Å². The van der Waals surface area contributed by atoms with Crippen LogP contribution in [0.2, 0.25) is 0 Å². The number of thioether (sulfide) groups is 1. The second-order valence-corrected chi connectivity index (χ2v) is 5.61. The first-order valence-corrected chi connectivity index (χ1v) is 5.79. The van der Waals surface area contributed by atoms with Gasteiger partial charge < -0.3 is 5.84 Å². The maximum Gasteiger partial charge on any atom is 0.210 e. The Hall–Kier alpha value is -0.970. The summed E-state index contributed by atoms with van der Waals surface area (Å²) in [4.78, 5) is 0. The van der Waals surface area contributed by atoms with Crippen molar-refractivity contribution in [2.45, 2.75) is 38.3 Å². The summed E-state index contributed by atoms with van der Waals surface area (Å²) < 4.78 is 1.56. The highest BCUT2D eigenvalue weighted by Gasteiger charge is 2.22. The molecule has 2 N–H and O–H groups in total. The van der Waals surface area contributed by atoms with Gasteiger partial charge in [0.05, 0.1) is 0 Å². The third-order valence-corrected chi connectivity index (χ3v) is 2.96. The van der Waals surface area contributed by atoms with Gasteiger partial charge in [-0.2, -0.15) is 0 Å². The van der Waals surface area contributed by atoms with E-state index in [4.69, 9.17) is 5.84 Å². The van der Waals surface area contributed by atoms with Crippen LogP contribution in [-0.2, 0) is 5.41 Å². The van der Waals surface area contributed by atoms with E-state index in [0.717, 1.165) is 22.3 Å². The van der Waals surface area contributed by atoms with Crippen LogP contribution >= 0.6 is 11.8 Å². The molecule has 4 nitrogen and oxygen atoms in total. The van der Waals surface area contributed by atoms with Crippen LogP contribution in [0.1, 0.15) is 33.5 Å². The average Bonchev–Trinajstić information content (AvgIpc) is 2.42. The zero-order valence-corrected chi connectivity index (χ0v) is 10.6. The number of nitrogens with zero attached hydrogens (tertiary/aromatic N) is 3. The minimum absolute atomic E-state index is 0.0796. The van der Waals surface area contributed by atoms with E-state index in [1.54, 1.807) is 16.4 Å². The van der Waals surface area contributed by atoms with E-state index in [1.807, 2.05) is 6.92 Å². The van der Waals surface area contributed by atoms with E-state index in [2.05, 4.69) is 37.5 Å². The standard InChI is InChI=1S/C10H18N4S/c1-7(2)6-15-9-13-12-8(14(9)11)10(3,4)5/h1,6,11H2,2-5H3. The van der Waals surface area contributed by atoms with Crippen LogP contribution in [0.4, 0.5) is 0 Å². The van der Waals surface area contributed by atoms with E-state index in [-0.39, 0.29) is 5.41 Å². The lowest BCUT2D eigenvalue weighted by atomic mass is 9.96. The van der Waals surface area contributed by atoms with E-state index in [1.165, 1.54) is 0 Å². The number of rotatable bonds is 3. The minimum Gasteiger partial charge on any atom is -0.336 e. The molecule has 0 unspecified atom stereocenters. The lowest BCUT2D eigenvalue weighted by Crippen LogP contribution is -2.24. The highest BCUT2D eigenvalue weighted by molar-refractivity contribution is 7.99. The first-order chi connectivity index (χ1) is 6.82. The van der Waals surface area contributed by atoms with Gasteiger partial charge in [0.15, 0.2) is 5.82 Å². The molecule has 5 heteroatoms. The molecular formula is C10H18N4S. The smallest absolute Gasteiger partial charge is 0.210 e. The fourth-order valence-corrected chi connectivity index (χ4v) is 1.77. The van der Waals surface area contributed by atoms with Gasteiger partial charge in [-0.15, -0.1) is 10.2 Å². The maximum atomic E-state index is 5.92. The van der Waals surface area contributed by atoms with Gasteiger partial charge in [0.25, 0.3) is 0 Å². The minimum atomic E-state index is -0.0796. The second kappa shape index (κ2) is 4.26. The van der Waals surface area contributed by atoms with Crippen molar-refractivity contribution in [1.29, 1.82) is 0 Å². The summed E-state index contributed by atoms with van der Waals surface area (Å²) >= 11 is 1.56. The summed E-state index contributed by atoms with van der Waals surface area (Å²) in [5.74, 6) is 7.53. The van der Waals surface area contributed by atoms with Crippen LogP contribution in [0.5, 0.6) is 0 Å². The van der Waals surface area contributed by atoms with Gasteiger partial charge >= 0.3 is 0 Å². The summed E-state index contributed by atoms with van der Waals surface area (Å²) in [5.41, 5.74) is 1.02. The van der Waals surface area contributed by atoms with Gasteiger partial charge in [-0.25, -0.2) is 4.68 Å². The second-order valence-electron chi connectivity index (χ2n) is 4.67. The molecular weight excluding hydrogens is 208 g/mol. The monoisotopic (exact) mass is 226 g/mol. The SMILES string of the molecule is C=C(C)CSc1nnc(C(C)(C)C)n1N. The summed E-state index contributed by atoms with van der Waals surface area (Å²) in [6.45, 7) is 12.0. The quantitative estimate of drug-likeness (QED) is 0.486. The molecule has 1 aromatic rings. The van der Waals surface area contributed by atoms with Crippen molar-refractivity contribution in [3.05, 3.63) is 18.0 Å². The molecule has 0 saturated heterocycles. The van der Waals surface area contributed by atoms with Crippen LogP contribution in [0, 0.1) is 0 Å². The molecule has 0 saturated carbocycles. The molecule has 0 aliphatic carbocycles. The predicted octanol–water partition coefficient (Wildman–Crippen LogP) is 1.96. The first kappa shape index (κ1) is 12.1. The Morgan fingerprint density at radius 1 is 1.47 bits per heavy atom. The fourth-order valence-electron chi connectivity index (χ4n) is 1.07. The molecule has 0 amide bonds. The van der Waals surface area contributed by atoms with Crippen molar-refractivity contribution < 1.29 is 0 Å². The fraction of sp³-hybridized carbons (Fsp3) is 0.600. The number of nitrogen functional groups attached to an aromatic ring is 1. The Bertz CT molecular complexity index is 362. The molecule has 0 spiro atoms. The third kappa shape index (κ3) is 2.99. The van der Waals surface area contributed by atoms with Gasteiger partial charge in [0.1, 0.15) is 0 Å². The first-order valence-electron chi connectivity index (χ1n) is 4.80. The highest BCUT2D eigenvalue weighted by atomic mass is 32.2. The molecule has 0 radical (unpaired) electrons. The Kier molecular flexibility index (Phi) is 3.44. The van der Waals surface area contributed by atoms with Crippen LogP contribution in [-0.4, -0.2) is 20.6 Å². The molecule has 0 aliphatic heterocycles. The van der Waals surface area contributed by atoms with Gasteiger partial charge in [-0.3, -0.25) is 0 Å². The Balaban J connectivity index is 2.85. The molecule has 0 atom stereocenters. The zero-order chi connectivity index (χ0) is 11.6. The number of nitrogens with two attached hydrogens (primary N) is 1. The predicted molar refractivity (Wildman–Crippen MR) is 64.4 cm³/mol. The normalized spacial score (nSPS) is 11.7. The highest BCUT2D eigenvalue weighted by Crippen LogP contribution is 2.23. The summed E-state index contributed by atoms with van der Waals surface area (Å²) in [6.07, 6.45) is 0. The van der Waals surface area contributed by atoms with Crippen molar-refractivity contribution in [3.8, 4) is 0 Å². The van der Waals surface area contributed by atoms with Gasteiger partial charge in [-0.1, -0.05) is 44.7 Å². The van der Waals surface area contributed by atoms with Crippen LogP contribution in [0.15, 0.2) is 17.3 Å². The van der Waals surface area contributed by atoms with Crippen LogP contribution < -0.4 is 5.84 Å². The lowest BCUT2D eigenvalue weighted by molar-refractivity contribution is 0.523. The van der Waals surface area contributed by atoms with E-state index >= 15 is 0 Å². The number of hydrogen-bond acceptors (Lipinski definition) is 4. The summed E-state index contributed by atoms with van der Waals surface area (Å²) in [6, 6.07) is 0. The molecule has 1 heterocycles. The van der Waals surface area contributed by atoms with Crippen molar-refractivity contribution in [2.75, 3.05) is 11.6 Å². The van der Waals surface area contributed by atoms with Crippen LogP contribution in [0.3, 0.4) is 0 Å². The Morgan fingerprint density at radius 2 is 2.07 bits per heavy atom. The Morgan fingerprint density at radius 3 is 2.47 bits per heavy atom. The number of hydrogen-bond donors (Lipinski definition) is 1. The van der Waals surface area contributed by atoms with E-state index in [0.29, 0.717) is 0 Å². The van der Waals surface area contributed by atoms with Gasteiger partial charge in [-0.05, 0) is 6.92 Å². The molecule has 0 aromatic carbocycles. The maximum absolute atomic E-state index is 5.92. The van der Waals surface area contributed by atoms with Gasteiger partial charge in [0, 0.05) is 11.2 Å². The van der Waals surface area contributed by atoms with E-state index in [9.17, 15) is 0 Å². The van der Waals surface area contributed by atoms with Gasteiger partial charge in [0.2, 0.25) is 5.16 Å². The molecule has 0 bridgehead atoms. The molecule has 0 aliphatic rings. The topological polar surface area (TPSA) is 56.7 Å². The molecule has 1 aromatic heterocycles. The summed E-state index contributed by atoms with van der Waals surface area (Å²) in [7, 11) is 0. The van der Waals surface area contributed by atoms with Crippen molar-refractivity contribution >= 4 is 11.8 Å². The van der Waals surface area contributed by atoms with Crippen LogP contribution in [0.25, 0.3) is 0 Å². The largest absolute Gasteiger partial charge is 0.336 e. The molecule has 1 rings (SSSR count). The number of aromatic nitrogens is 3. The molecule has 0 fully saturated rings. The molecule has 15 heavy (non-hydrogen) atoms. The molecule has 84 valence electrons. The van der Waals surface area contributed by atoms with Crippen molar-refractivity contribution in [3.63, 3.8) is 0 Å². The zero-order valence-electron chi connectivity index (χ0n) is 9.74. The third-order valence-electron chi connectivity index (χ3n) is 1.78. The van der Waals surface area contributed by atoms with E-state index < -0.39 is 0 Å². The average molecular weight is 226 g/mol. The van der Waals surface area contributed by atoms with Crippen molar-refractivity contribution in [1.82, 2.24) is 14.9 Å².